The van der Waals surface area contributed by atoms with Gasteiger partial charge in [0.05, 0.1) is 24.2 Å². The summed E-state index contributed by atoms with van der Waals surface area (Å²) in [5.74, 6) is -0.214. The fourth-order valence-electron chi connectivity index (χ4n) is 3.22. The minimum Gasteiger partial charge on any atom is -0.481 e. The minimum atomic E-state index is -0.797. The molecule has 0 heterocycles. The lowest BCUT2D eigenvalue weighted by molar-refractivity contribution is -0.147. The number of aliphatic carboxylic acids is 1. The number of aliphatic hydroxyl groups is 1. The molecule has 4 nitrogen and oxygen atoms in total. The summed E-state index contributed by atoms with van der Waals surface area (Å²) in [4.78, 5) is 10.9. The third-order valence-corrected chi connectivity index (χ3v) is 4.82. The van der Waals surface area contributed by atoms with Gasteiger partial charge in [-0.3, -0.25) is 4.79 Å². The van der Waals surface area contributed by atoms with Crippen molar-refractivity contribution >= 4 is 5.97 Å². The predicted molar refractivity (Wildman–Crippen MR) is 71.9 cm³/mol. The normalized spacial score (nSPS) is 40.0. The highest BCUT2D eigenvalue weighted by molar-refractivity contribution is 5.70. The Morgan fingerprint density at radius 1 is 1.16 bits per heavy atom. The van der Waals surface area contributed by atoms with E-state index in [9.17, 15) is 9.90 Å². The summed E-state index contributed by atoms with van der Waals surface area (Å²) in [6.07, 6.45) is 7.13. The smallest absolute Gasteiger partial charge is 0.306 e. The summed E-state index contributed by atoms with van der Waals surface area (Å²) in [5.41, 5.74) is -0.797. The zero-order valence-electron chi connectivity index (χ0n) is 11.8. The molecule has 4 heteroatoms. The van der Waals surface area contributed by atoms with E-state index in [-0.39, 0.29) is 12.0 Å². The molecule has 0 aromatic heterocycles. The first-order chi connectivity index (χ1) is 8.98. The molecular formula is C15H26O4. The number of carboxylic acid groups (broad SMARTS) is 1. The number of hydrogen-bond donors (Lipinski definition) is 2. The van der Waals surface area contributed by atoms with Crippen molar-refractivity contribution in [1.82, 2.24) is 0 Å². The van der Waals surface area contributed by atoms with E-state index in [4.69, 9.17) is 9.84 Å². The lowest BCUT2D eigenvalue weighted by atomic mass is 9.79. The lowest BCUT2D eigenvalue weighted by Gasteiger charge is -2.36. The van der Waals surface area contributed by atoms with Crippen molar-refractivity contribution in [3.8, 4) is 0 Å². The summed E-state index contributed by atoms with van der Waals surface area (Å²) in [6.45, 7) is 2.65. The van der Waals surface area contributed by atoms with Crippen LogP contribution in [0.3, 0.4) is 0 Å². The van der Waals surface area contributed by atoms with E-state index in [0.717, 1.165) is 18.8 Å². The third kappa shape index (κ3) is 4.18. The molecule has 0 amide bonds. The summed E-state index contributed by atoms with van der Waals surface area (Å²) in [5, 5.41) is 19.4. The molecule has 110 valence electrons. The zero-order valence-corrected chi connectivity index (χ0v) is 11.8. The van der Waals surface area contributed by atoms with Crippen LogP contribution >= 0.6 is 0 Å². The molecule has 0 unspecified atom stereocenters. The maximum atomic E-state index is 10.9. The number of carbonyl (C=O) groups is 1. The van der Waals surface area contributed by atoms with Gasteiger partial charge in [-0.1, -0.05) is 6.92 Å². The molecule has 2 aliphatic rings. The van der Waals surface area contributed by atoms with Crippen LogP contribution in [-0.4, -0.2) is 34.5 Å². The van der Waals surface area contributed by atoms with Gasteiger partial charge in [-0.15, -0.1) is 0 Å². The van der Waals surface area contributed by atoms with Crippen molar-refractivity contribution in [3.63, 3.8) is 0 Å². The molecule has 2 aliphatic carbocycles. The second-order valence-corrected chi connectivity index (χ2v) is 6.53. The number of hydrogen-bond acceptors (Lipinski definition) is 3. The molecule has 0 saturated heterocycles. The van der Waals surface area contributed by atoms with Gasteiger partial charge in [0.25, 0.3) is 0 Å². The van der Waals surface area contributed by atoms with Crippen LogP contribution < -0.4 is 0 Å². The van der Waals surface area contributed by atoms with Gasteiger partial charge in [0.2, 0.25) is 0 Å². The first-order valence-electron chi connectivity index (χ1n) is 7.55. The molecule has 0 bridgehead atoms. The molecule has 0 spiro atoms. The average molecular weight is 270 g/mol. The van der Waals surface area contributed by atoms with Gasteiger partial charge < -0.3 is 14.9 Å². The average Bonchev–Trinajstić information content (AvgIpc) is 2.39. The lowest BCUT2D eigenvalue weighted by Crippen LogP contribution is -2.41. The van der Waals surface area contributed by atoms with Crippen LogP contribution in [0.4, 0.5) is 0 Å². The summed E-state index contributed by atoms with van der Waals surface area (Å²) in [7, 11) is 0. The van der Waals surface area contributed by atoms with Crippen molar-refractivity contribution in [2.75, 3.05) is 6.61 Å². The Labute approximate surface area is 115 Å². The molecule has 2 saturated carbocycles. The van der Waals surface area contributed by atoms with E-state index >= 15 is 0 Å². The van der Waals surface area contributed by atoms with Crippen LogP contribution in [0.2, 0.25) is 0 Å². The van der Waals surface area contributed by atoms with Crippen LogP contribution in [0.15, 0.2) is 0 Å². The molecule has 0 aromatic carbocycles. The Hall–Kier alpha value is -0.610. The molecule has 2 N–H and O–H groups in total. The van der Waals surface area contributed by atoms with E-state index in [1.165, 1.54) is 12.8 Å². The monoisotopic (exact) mass is 270 g/mol. The fraction of sp³-hybridized carbons (Fsp3) is 0.933. The van der Waals surface area contributed by atoms with Crippen LogP contribution in [0.5, 0.6) is 0 Å². The van der Waals surface area contributed by atoms with E-state index in [2.05, 4.69) is 6.92 Å². The maximum absolute atomic E-state index is 10.9. The van der Waals surface area contributed by atoms with Crippen molar-refractivity contribution in [3.05, 3.63) is 0 Å². The number of carboxylic acids is 1. The van der Waals surface area contributed by atoms with Crippen LogP contribution in [0.1, 0.15) is 58.3 Å². The van der Waals surface area contributed by atoms with Gasteiger partial charge in [-0.05, 0) is 57.3 Å². The molecule has 0 aromatic rings. The Morgan fingerprint density at radius 3 is 2.26 bits per heavy atom. The van der Waals surface area contributed by atoms with Crippen LogP contribution in [0.25, 0.3) is 0 Å². The standard InChI is InChI=1S/C15H26O4/c1-11-2-4-13(5-3-11)19-10-15(18)8-6-12(7-9-15)14(16)17/h11-13,18H,2-10H2,1H3,(H,16,17). The zero-order chi connectivity index (χ0) is 13.9. The van der Waals surface area contributed by atoms with Gasteiger partial charge in [0.1, 0.15) is 0 Å². The topological polar surface area (TPSA) is 66.8 Å². The van der Waals surface area contributed by atoms with Crippen molar-refractivity contribution in [1.29, 1.82) is 0 Å². The Morgan fingerprint density at radius 2 is 1.74 bits per heavy atom. The second-order valence-electron chi connectivity index (χ2n) is 6.53. The Kier molecular flexibility index (Phi) is 4.85. The highest BCUT2D eigenvalue weighted by atomic mass is 16.5. The van der Waals surface area contributed by atoms with Crippen molar-refractivity contribution in [2.24, 2.45) is 11.8 Å². The number of rotatable bonds is 4. The molecule has 0 aliphatic heterocycles. The van der Waals surface area contributed by atoms with E-state index < -0.39 is 11.6 Å². The minimum absolute atomic E-state index is 0.282. The quantitative estimate of drug-likeness (QED) is 0.824. The van der Waals surface area contributed by atoms with Gasteiger partial charge in [-0.25, -0.2) is 0 Å². The summed E-state index contributed by atoms with van der Waals surface area (Å²) in [6, 6.07) is 0. The predicted octanol–water partition coefficient (Wildman–Crippen LogP) is 2.59. The largest absolute Gasteiger partial charge is 0.481 e. The molecule has 0 atom stereocenters. The van der Waals surface area contributed by atoms with Crippen molar-refractivity contribution in [2.45, 2.75) is 70.0 Å². The van der Waals surface area contributed by atoms with Crippen LogP contribution in [0, 0.1) is 11.8 Å². The molecule has 2 rings (SSSR count). The SMILES string of the molecule is CC1CCC(OCC2(O)CCC(C(=O)O)CC2)CC1. The number of ether oxygens (including phenoxy) is 1. The molecule has 19 heavy (non-hydrogen) atoms. The van der Waals surface area contributed by atoms with Gasteiger partial charge in [0.15, 0.2) is 0 Å². The summed E-state index contributed by atoms with van der Waals surface area (Å²) >= 11 is 0. The van der Waals surface area contributed by atoms with Crippen molar-refractivity contribution < 1.29 is 19.7 Å². The van der Waals surface area contributed by atoms with E-state index in [1.807, 2.05) is 0 Å². The fourth-order valence-corrected chi connectivity index (χ4v) is 3.22. The van der Waals surface area contributed by atoms with E-state index in [0.29, 0.717) is 32.3 Å². The highest BCUT2D eigenvalue weighted by Gasteiger charge is 2.36. The van der Waals surface area contributed by atoms with Crippen LogP contribution in [-0.2, 0) is 9.53 Å². The maximum Gasteiger partial charge on any atom is 0.306 e. The Bertz CT molecular complexity index is 299. The molecule has 2 fully saturated rings. The van der Waals surface area contributed by atoms with Gasteiger partial charge in [0, 0.05) is 0 Å². The van der Waals surface area contributed by atoms with E-state index in [1.54, 1.807) is 0 Å². The third-order valence-electron chi connectivity index (χ3n) is 4.82. The van der Waals surface area contributed by atoms with Gasteiger partial charge >= 0.3 is 5.97 Å². The summed E-state index contributed by atoms with van der Waals surface area (Å²) < 4.78 is 5.87. The second kappa shape index (κ2) is 6.23. The first kappa shape index (κ1) is 14.8. The first-order valence-corrected chi connectivity index (χ1v) is 7.55. The molecular weight excluding hydrogens is 244 g/mol. The van der Waals surface area contributed by atoms with Gasteiger partial charge in [-0.2, -0.15) is 0 Å². The Balaban J connectivity index is 1.72. The molecule has 0 radical (unpaired) electrons. The highest BCUT2D eigenvalue weighted by Crippen LogP contribution is 2.34.